The van der Waals surface area contributed by atoms with Crippen LogP contribution in [0.1, 0.15) is 43.4 Å². The van der Waals surface area contributed by atoms with Gasteiger partial charge >= 0.3 is 0 Å². The number of amides is 1. The van der Waals surface area contributed by atoms with E-state index in [2.05, 4.69) is 26.9 Å². The van der Waals surface area contributed by atoms with Crippen LogP contribution in [0.15, 0.2) is 40.4 Å². The van der Waals surface area contributed by atoms with Gasteiger partial charge in [0.1, 0.15) is 0 Å². The van der Waals surface area contributed by atoms with Gasteiger partial charge < -0.3 is 15.2 Å². The molecule has 6 heteroatoms. The minimum absolute atomic E-state index is 0.134. The highest BCUT2D eigenvalue weighted by Crippen LogP contribution is 2.26. The van der Waals surface area contributed by atoms with Crippen molar-refractivity contribution in [2.45, 2.75) is 32.6 Å². The van der Waals surface area contributed by atoms with Crippen molar-refractivity contribution in [2.75, 3.05) is 19.6 Å². The molecule has 0 aliphatic carbocycles. The summed E-state index contributed by atoms with van der Waals surface area (Å²) in [5.74, 6) is 0.861. The van der Waals surface area contributed by atoms with Crippen molar-refractivity contribution in [3.8, 4) is 11.5 Å². The van der Waals surface area contributed by atoms with Gasteiger partial charge in [-0.25, -0.2) is 0 Å². The molecule has 0 bridgehead atoms. The van der Waals surface area contributed by atoms with E-state index in [1.807, 2.05) is 39.0 Å². The summed E-state index contributed by atoms with van der Waals surface area (Å²) in [5.41, 5.74) is 2.24. The van der Waals surface area contributed by atoms with E-state index in [1.54, 1.807) is 6.07 Å². The lowest BCUT2D eigenvalue weighted by atomic mass is 9.96. The van der Waals surface area contributed by atoms with Gasteiger partial charge in [-0.05, 0) is 25.1 Å². The molecule has 1 aromatic carbocycles. The van der Waals surface area contributed by atoms with Gasteiger partial charge in [-0.1, -0.05) is 49.7 Å². The van der Waals surface area contributed by atoms with Gasteiger partial charge in [0.15, 0.2) is 5.82 Å². The van der Waals surface area contributed by atoms with Crippen molar-refractivity contribution in [3.05, 3.63) is 47.3 Å². The second-order valence-corrected chi connectivity index (χ2v) is 7.22. The highest BCUT2D eigenvalue weighted by molar-refractivity contribution is 6.00. The van der Waals surface area contributed by atoms with Crippen LogP contribution in [0.2, 0.25) is 0 Å². The van der Waals surface area contributed by atoms with Crippen molar-refractivity contribution in [1.82, 2.24) is 20.8 Å². The topological polar surface area (TPSA) is 80.0 Å². The third kappa shape index (κ3) is 4.14. The Labute approximate surface area is 147 Å². The SMILES string of the molecule is CC(C)(C)c1noc(-c2ccccc2C(=O)NCC2=CCNCC2)n1. The van der Waals surface area contributed by atoms with E-state index in [-0.39, 0.29) is 11.3 Å². The predicted octanol–water partition coefficient (Wildman–Crippen LogP) is 2.68. The monoisotopic (exact) mass is 340 g/mol. The standard InChI is InChI=1S/C19H24N4O2/c1-19(2,3)18-22-17(25-23-18)15-7-5-4-6-14(15)16(24)21-12-13-8-10-20-11-9-13/h4-8,20H,9-12H2,1-3H3,(H,21,24). The summed E-state index contributed by atoms with van der Waals surface area (Å²) < 4.78 is 5.40. The first-order valence-corrected chi connectivity index (χ1v) is 8.55. The second kappa shape index (κ2) is 7.19. The zero-order chi connectivity index (χ0) is 17.9. The van der Waals surface area contributed by atoms with Crippen LogP contribution in [0.4, 0.5) is 0 Å². The number of nitrogens with zero attached hydrogens (tertiary/aromatic N) is 2. The molecule has 0 saturated carbocycles. The summed E-state index contributed by atoms with van der Waals surface area (Å²) in [7, 11) is 0. The molecule has 0 saturated heterocycles. The van der Waals surface area contributed by atoms with Gasteiger partial charge in [0, 0.05) is 18.5 Å². The van der Waals surface area contributed by atoms with Crippen molar-refractivity contribution < 1.29 is 9.32 Å². The quantitative estimate of drug-likeness (QED) is 0.837. The summed E-state index contributed by atoms with van der Waals surface area (Å²) in [6.45, 7) is 8.44. The fourth-order valence-electron chi connectivity index (χ4n) is 2.62. The third-order valence-corrected chi connectivity index (χ3v) is 4.13. The van der Waals surface area contributed by atoms with Crippen molar-refractivity contribution in [3.63, 3.8) is 0 Å². The number of benzene rings is 1. The summed E-state index contributed by atoms with van der Waals surface area (Å²) in [6, 6.07) is 7.31. The summed E-state index contributed by atoms with van der Waals surface area (Å²) >= 11 is 0. The molecule has 0 fully saturated rings. The first-order chi connectivity index (χ1) is 11.9. The molecule has 0 unspecified atom stereocenters. The van der Waals surface area contributed by atoms with E-state index in [0.29, 0.717) is 29.4 Å². The van der Waals surface area contributed by atoms with E-state index in [4.69, 9.17) is 4.52 Å². The molecule has 0 atom stereocenters. The molecule has 1 amide bonds. The Kier molecular flexibility index (Phi) is 4.99. The Morgan fingerprint density at radius 1 is 1.32 bits per heavy atom. The number of carbonyl (C=O) groups is 1. The minimum atomic E-state index is -0.208. The molecule has 132 valence electrons. The van der Waals surface area contributed by atoms with Crippen molar-refractivity contribution in [2.24, 2.45) is 0 Å². The predicted molar refractivity (Wildman–Crippen MR) is 96.3 cm³/mol. The van der Waals surface area contributed by atoms with Crippen LogP contribution < -0.4 is 10.6 Å². The highest BCUT2D eigenvalue weighted by atomic mass is 16.5. The van der Waals surface area contributed by atoms with Gasteiger partial charge in [-0.2, -0.15) is 4.98 Å². The fourth-order valence-corrected chi connectivity index (χ4v) is 2.62. The maximum Gasteiger partial charge on any atom is 0.258 e. The Balaban J connectivity index is 1.79. The number of carbonyl (C=O) groups excluding carboxylic acids is 1. The lowest BCUT2D eigenvalue weighted by Crippen LogP contribution is -2.29. The Bertz CT molecular complexity index is 787. The van der Waals surface area contributed by atoms with Crippen LogP contribution in [0, 0.1) is 0 Å². The summed E-state index contributed by atoms with van der Waals surface area (Å²) in [4.78, 5) is 17.1. The number of nitrogens with one attached hydrogen (secondary N) is 2. The number of hydrogen-bond donors (Lipinski definition) is 2. The van der Waals surface area contributed by atoms with Gasteiger partial charge in [0.25, 0.3) is 11.8 Å². The van der Waals surface area contributed by atoms with Crippen LogP contribution in [-0.2, 0) is 5.41 Å². The first kappa shape index (κ1) is 17.4. The van der Waals surface area contributed by atoms with E-state index in [9.17, 15) is 4.79 Å². The molecule has 0 radical (unpaired) electrons. The van der Waals surface area contributed by atoms with E-state index >= 15 is 0 Å². The maximum atomic E-state index is 12.6. The molecule has 3 rings (SSSR count). The highest BCUT2D eigenvalue weighted by Gasteiger charge is 2.23. The third-order valence-electron chi connectivity index (χ3n) is 4.13. The molecule has 1 aromatic heterocycles. The fraction of sp³-hybridized carbons (Fsp3) is 0.421. The maximum absolute atomic E-state index is 12.6. The lowest BCUT2D eigenvalue weighted by Gasteiger charge is -2.15. The van der Waals surface area contributed by atoms with Gasteiger partial charge in [-0.3, -0.25) is 4.79 Å². The smallest absolute Gasteiger partial charge is 0.258 e. The molecule has 25 heavy (non-hydrogen) atoms. The normalized spacial score (nSPS) is 14.9. The van der Waals surface area contributed by atoms with Crippen LogP contribution in [0.5, 0.6) is 0 Å². The molecule has 2 N–H and O–H groups in total. The van der Waals surface area contributed by atoms with E-state index in [1.165, 1.54) is 5.57 Å². The molecule has 2 aromatic rings. The molecular weight excluding hydrogens is 316 g/mol. The van der Waals surface area contributed by atoms with Crippen LogP contribution in [-0.4, -0.2) is 35.7 Å². The Morgan fingerprint density at radius 3 is 2.80 bits per heavy atom. The second-order valence-electron chi connectivity index (χ2n) is 7.22. The lowest BCUT2D eigenvalue weighted by molar-refractivity contribution is 0.0957. The van der Waals surface area contributed by atoms with E-state index < -0.39 is 0 Å². The molecular formula is C19H24N4O2. The van der Waals surface area contributed by atoms with Crippen LogP contribution in [0.25, 0.3) is 11.5 Å². The van der Waals surface area contributed by atoms with Gasteiger partial charge in [0.2, 0.25) is 0 Å². The molecule has 2 heterocycles. The molecule has 6 nitrogen and oxygen atoms in total. The van der Waals surface area contributed by atoms with Gasteiger partial charge in [-0.15, -0.1) is 0 Å². The van der Waals surface area contributed by atoms with Crippen LogP contribution in [0.3, 0.4) is 0 Å². The zero-order valence-electron chi connectivity index (χ0n) is 14.9. The number of aromatic nitrogens is 2. The molecule has 0 spiro atoms. The summed E-state index contributed by atoms with van der Waals surface area (Å²) in [6.07, 6.45) is 3.09. The first-order valence-electron chi connectivity index (χ1n) is 8.55. The zero-order valence-corrected chi connectivity index (χ0v) is 14.9. The Hall–Kier alpha value is -2.47. The Morgan fingerprint density at radius 2 is 2.12 bits per heavy atom. The summed E-state index contributed by atoms with van der Waals surface area (Å²) in [5, 5.41) is 10.3. The largest absolute Gasteiger partial charge is 0.348 e. The van der Waals surface area contributed by atoms with E-state index in [0.717, 1.165) is 19.5 Å². The van der Waals surface area contributed by atoms with Crippen molar-refractivity contribution >= 4 is 5.91 Å². The average molecular weight is 340 g/mol. The minimum Gasteiger partial charge on any atom is -0.348 e. The number of rotatable bonds is 4. The van der Waals surface area contributed by atoms with Gasteiger partial charge in [0.05, 0.1) is 11.1 Å². The number of hydrogen-bond acceptors (Lipinski definition) is 5. The molecule has 1 aliphatic heterocycles. The van der Waals surface area contributed by atoms with Crippen LogP contribution >= 0.6 is 0 Å². The van der Waals surface area contributed by atoms with Crippen molar-refractivity contribution in [1.29, 1.82) is 0 Å². The average Bonchev–Trinajstić information content (AvgIpc) is 3.11. The molecule has 1 aliphatic rings.